The molecule has 2 aromatic carbocycles. The molecule has 1 aliphatic heterocycles. The smallest absolute Gasteiger partial charge is 0.269 e. The molecule has 3 amide bonds. The number of sulfonamides is 1. The van der Waals surface area contributed by atoms with Crippen LogP contribution in [0.25, 0.3) is 0 Å². The molecule has 11 heteroatoms. The first-order chi connectivity index (χ1) is 15.9. The number of hydrogen-bond acceptors (Lipinski definition) is 5. The van der Waals surface area contributed by atoms with Crippen molar-refractivity contribution < 1.29 is 22.8 Å². The first-order valence-corrected chi connectivity index (χ1v) is 12.8. The van der Waals surface area contributed by atoms with E-state index in [0.29, 0.717) is 19.9 Å². The monoisotopic (exact) mass is 525 g/mol. The Kier molecular flexibility index (Phi) is 7.90. The van der Waals surface area contributed by atoms with E-state index in [1.54, 1.807) is 39.0 Å². The molecule has 1 N–H and O–H groups in total. The summed E-state index contributed by atoms with van der Waals surface area (Å²) in [6, 6.07) is 9.70. The van der Waals surface area contributed by atoms with Crippen LogP contribution in [0.15, 0.2) is 47.4 Å². The molecule has 0 spiro atoms. The van der Waals surface area contributed by atoms with E-state index in [1.165, 1.54) is 29.2 Å². The van der Waals surface area contributed by atoms with E-state index in [9.17, 15) is 22.8 Å². The molecule has 0 aromatic heterocycles. The minimum atomic E-state index is -4.04. The van der Waals surface area contributed by atoms with E-state index in [4.69, 9.17) is 23.2 Å². The summed E-state index contributed by atoms with van der Waals surface area (Å²) >= 11 is 12.2. The molecule has 8 nitrogen and oxygen atoms in total. The average Bonchev–Trinajstić information content (AvgIpc) is 2.96. The van der Waals surface area contributed by atoms with Crippen LogP contribution in [0.1, 0.15) is 43.1 Å². The lowest BCUT2D eigenvalue weighted by Gasteiger charge is -2.30. The van der Waals surface area contributed by atoms with Gasteiger partial charge in [0.2, 0.25) is 11.8 Å². The average molecular weight is 526 g/mol. The molecule has 182 valence electrons. The van der Waals surface area contributed by atoms with Crippen molar-refractivity contribution >= 4 is 50.9 Å². The van der Waals surface area contributed by atoms with Crippen LogP contribution in [0.4, 0.5) is 0 Å². The Morgan fingerprint density at radius 1 is 1.09 bits per heavy atom. The first kappa shape index (κ1) is 26.0. The molecule has 0 saturated heterocycles. The Hall–Kier alpha value is -2.62. The van der Waals surface area contributed by atoms with Crippen molar-refractivity contribution in [2.24, 2.45) is 0 Å². The maximum atomic E-state index is 13.2. The van der Waals surface area contributed by atoms with Gasteiger partial charge in [0.15, 0.2) is 0 Å². The molecular weight excluding hydrogens is 501 g/mol. The quantitative estimate of drug-likeness (QED) is 0.568. The van der Waals surface area contributed by atoms with Gasteiger partial charge in [-0.15, -0.1) is 0 Å². The molecule has 34 heavy (non-hydrogen) atoms. The fraction of sp³-hybridized carbons (Fsp3) is 0.348. The minimum absolute atomic E-state index is 0.00242. The van der Waals surface area contributed by atoms with E-state index in [-0.39, 0.29) is 41.9 Å². The van der Waals surface area contributed by atoms with Crippen molar-refractivity contribution in [3.63, 3.8) is 0 Å². The molecule has 1 atom stereocenters. The van der Waals surface area contributed by atoms with Gasteiger partial charge in [-0.05, 0) is 50.6 Å². The van der Waals surface area contributed by atoms with Gasteiger partial charge in [-0.25, -0.2) is 12.7 Å². The van der Waals surface area contributed by atoms with Gasteiger partial charge in [0.05, 0.1) is 5.56 Å². The summed E-state index contributed by atoms with van der Waals surface area (Å²) in [5, 5.41) is 3.52. The third-order valence-electron chi connectivity index (χ3n) is 5.39. The summed E-state index contributed by atoms with van der Waals surface area (Å²) in [5.74, 6) is -1.55. The first-order valence-electron chi connectivity index (χ1n) is 10.6. The predicted molar refractivity (Wildman–Crippen MR) is 129 cm³/mol. The van der Waals surface area contributed by atoms with Crippen LogP contribution < -0.4 is 5.32 Å². The van der Waals surface area contributed by atoms with Crippen LogP contribution in [0.5, 0.6) is 0 Å². The predicted octanol–water partition coefficient (Wildman–Crippen LogP) is 3.47. The summed E-state index contributed by atoms with van der Waals surface area (Å²) in [5.41, 5.74) is 0.644. The van der Waals surface area contributed by atoms with Crippen molar-refractivity contribution in [2.75, 3.05) is 6.54 Å². The van der Waals surface area contributed by atoms with Crippen molar-refractivity contribution in [3.8, 4) is 0 Å². The molecule has 0 saturated carbocycles. The highest BCUT2D eigenvalue weighted by Gasteiger charge is 2.41. The van der Waals surface area contributed by atoms with Crippen LogP contribution in [0.2, 0.25) is 10.0 Å². The zero-order valence-corrected chi connectivity index (χ0v) is 21.2. The fourth-order valence-electron chi connectivity index (χ4n) is 3.61. The van der Waals surface area contributed by atoms with E-state index in [0.717, 1.165) is 0 Å². The zero-order chi connectivity index (χ0) is 25.2. The van der Waals surface area contributed by atoms with Crippen molar-refractivity contribution in [2.45, 2.75) is 50.7 Å². The summed E-state index contributed by atoms with van der Waals surface area (Å²) in [6.45, 7) is 4.83. The van der Waals surface area contributed by atoms with Gasteiger partial charge in [-0.1, -0.05) is 41.4 Å². The molecule has 0 radical (unpaired) electrons. The molecule has 0 fully saturated rings. The van der Waals surface area contributed by atoms with E-state index >= 15 is 0 Å². The third kappa shape index (κ3) is 5.37. The molecule has 0 aliphatic carbocycles. The number of nitrogens with one attached hydrogen (secondary N) is 1. The normalized spacial score (nSPS) is 15.2. The lowest BCUT2D eigenvalue weighted by Crippen LogP contribution is -2.49. The van der Waals surface area contributed by atoms with Gasteiger partial charge in [-0.2, -0.15) is 0 Å². The maximum Gasteiger partial charge on any atom is 0.269 e. The largest absolute Gasteiger partial charge is 0.352 e. The highest BCUT2D eigenvalue weighted by molar-refractivity contribution is 7.90. The van der Waals surface area contributed by atoms with E-state index < -0.39 is 27.9 Å². The summed E-state index contributed by atoms with van der Waals surface area (Å²) < 4.78 is 26.3. The molecular formula is C23H25Cl2N3O5S. The third-order valence-corrected chi connectivity index (χ3v) is 7.82. The molecule has 3 rings (SSSR count). The Morgan fingerprint density at radius 3 is 2.38 bits per heavy atom. The van der Waals surface area contributed by atoms with E-state index in [2.05, 4.69) is 5.32 Å². The van der Waals surface area contributed by atoms with Crippen LogP contribution in [0, 0.1) is 0 Å². The van der Waals surface area contributed by atoms with Gasteiger partial charge in [-0.3, -0.25) is 14.4 Å². The number of benzene rings is 2. The number of fused-ring (bicyclic) bond motifs is 1. The number of halogens is 2. The minimum Gasteiger partial charge on any atom is -0.352 e. The molecule has 0 bridgehead atoms. The second kappa shape index (κ2) is 10.3. The molecule has 2 aromatic rings. The topological polar surface area (TPSA) is 104 Å². The van der Waals surface area contributed by atoms with Crippen LogP contribution in [-0.2, 0) is 26.2 Å². The zero-order valence-electron chi connectivity index (χ0n) is 18.9. The molecule has 1 aliphatic rings. The van der Waals surface area contributed by atoms with Crippen molar-refractivity contribution in [3.05, 3.63) is 63.6 Å². The number of carbonyl (C=O) groups excluding carboxylic acids is 3. The highest BCUT2D eigenvalue weighted by Crippen LogP contribution is 2.30. The van der Waals surface area contributed by atoms with Gasteiger partial charge >= 0.3 is 0 Å². The summed E-state index contributed by atoms with van der Waals surface area (Å²) in [4.78, 5) is 39.8. The number of nitrogens with zero attached hydrogens (tertiary/aromatic N) is 2. The van der Waals surface area contributed by atoms with Crippen LogP contribution >= 0.6 is 23.2 Å². The van der Waals surface area contributed by atoms with Crippen LogP contribution in [-0.4, -0.2) is 54.0 Å². The lowest BCUT2D eigenvalue weighted by atomic mass is 10.1. The summed E-state index contributed by atoms with van der Waals surface area (Å²) in [6.07, 6.45) is -0.302. The highest BCUT2D eigenvalue weighted by atomic mass is 35.5. The standard InChI is InChI=1S/C23H25Cl2N3O5S/c1-14(2)26-22(30)15(3)27(13-16-8-9-17(24)12-19(16)25)21(29)10-11-28-23(31)18-6-4-5-7-20(18)34(28,32)33/h4-9,12,14-15H,10-11,13H2,1-3H3,(H,26,30)/t15-/m1/s1. The van der Waals surface area contributed by atoms with Gasteiger partial charge in [0.1, 0.15) is 10.9 Å². The Labute approximate surface area is 208 Å². The number of carbonyl (C=O) groups is 3. The fourth-order valence-corrected chi connectivity index (χ4v) is 5.65. The van der Waals surface area contributed by atoms with E-state index in [1.807, 2.05) is 0 Å². The van der Waals surface area contributed by atoms with Gasteiger partial charge in [0.25, 0.3) is 15.9 Å². The number of amides is 3. The van der Waals surface area contributed by atoms with Crippen molar-refractivity contribution in [1.29, 1.82) is 0 Å². The SMILES string of the molecule is CC(C)NC(=O)[C@@H](C)N(Cc1ccc(Cl)cc1Cl)C(=O)CCN1C(=O)c2ccccc2S1(=O)=O. The number of hydrogen-bond donors (Lipinski definition) is 1. The second-order valence-corrected chi connectivity index (χ2v) is 10.9. The Balaban J connectivity index is 1.82. The Bertz CT molecular complexity index is 1230. The van der Waals surface area contributed by atoms with Crippen molar-refractivity contribution in [1.82, 2.24) is 14.5 Å². The molecule has 0 unspecified atom stereocenters. The second-order valence-electron chi connectivity index (χ2n) is 8.23. The lowest BCUT2D eigenvalue weighted by molar-refractivity contribution is -0.140. The maximum absolute atomic E-state index is 13.2. The van der Waals surface area contributed by atoms with Gasteiger partial charge < -0.3 is 10.2 Å². The Morgan fingerprint density at radius 2 is 1.76 bits per heavy atom. The van der Waals surface area contributed by atoms with Gasteiger partial charge in [0, 0.05) is 35.6 Å². The summed E-state index contributed by atoms with van der Waals surface area (Å²) in [7, 11) is -4.04. The molecule has 1 heterocycles. The number of rotatable bonds is 8. The van der Waals surface area contributed by atoms with Crippen LogP contribution in [0.3, 0.4) is 0 Å².